The zero-order chi connectivity index (χ0) is 12.5. The van der Waals surface area contributed by atoms with Crippen LogP contribution in [-0.4, -0.2) is 31.3 Å². The first kappa shape index (κ1) is 14.1. The van der Waals surface area contributed by atoms with Gasteiger partial charge in [-0.2, -0.15) is 5.26 Å². The average Bonchev–Trinajstić information content (AvgIpc) is 2.37. The van der Waals surface area contributed by atoms with Gasteiger partial charge in [0.2, 0.25) is 0 Å². The summed E-state index contributed by atoms with van der Waals surface area (Å²) >= 11 is 1.77. The van der Waals surface area contributed by atoms with E-state index < -0.39 is 0 Å². The zero-order valence-electron chi connectivity index (χ0n) is 10.6. The third-order valence-electron chi connectivity index (χ3n) is 2.77. The van der Waals surface area contributed by atoms with Crippen molar-refractivity contribution in [3.8, 4) is 6.07 Å². The smallest absolute Gasteiger partial charge is 0.0622 e. The molecule has 0 fully saturated rings. The van der Waals surface area contributed by atoms with E-state index in [4.69, 9.17) is 5.26 Å². The van der Waals surface area contributed by atoms with Gasteiger partial charge in [0.05, 0.1) is 6.07 Å². The summed E-state index contributed by atoms with van der Waals surface area (Å²) in [4.78, 5) is 3.61. The second-order valence-electron chi connectivity index (χ2n) is 4.16. The molecule has 0 aliphatic rings. The molecule has 0 saturated carbocycles. The summed E-state index contributed by atoms with van der Waals surface area (Å²) in [6.07, 6.45) is 4.81. The van der Waals surface area contributed by atoms with Crippen molar-refractivity contribution in [2.45, 2.75) is 24.2 Å². The second-order valence-corrected chi connectivity index (χ2v) is 5.04. The molecular formula is C14H20N2S. The first-order chi connectivity index (χ1) is 8.26. The van der Waals surface area contributed by atoms with Gasteiger partial charge in [0.25, 0.3) is 0 Å². The molecular weight excluding hydrogens is 228 g/mol. The maximum atomic E-state index is 8.47. The lowest BCUT2D eigenvalue weighted by molar-refractivity contribution is 0.335. The van der Waals surface area contributed by atoms with Crippen molar-refractivity contribution in [2.24, 2.45) is 0 Å². The van der Waals surface area contributed by atoms with Gasteiger partial charge in [-0.15, -0.1) is 11.8 Å². The van der Waals surface area contributed by atoms with Gasteiger partial charge in [0.1, 0.15) is 0 Å². The lowest BCUT2D eigenvalue weighted by atomic mass is 10.1. The monoisotopic (exact) mass is 248 g/mol. The molecule has 0 radical (unpaired) electrons. The summed E-state index contributed by atoms with van der Waals surface area (Å²) in [6.45, 7) is 2.07. The molecule has 92 valence electrons. The minimum Gasteiger partial charge on any atom is -0.306 e. The summed E-state index contributed by atoms with van der Waals surface area (Å²) in [5.41, 5.74) is 1.38. The van der Waals surface area contributed by atoms with Crippen LogP contribution in [0.5, 0.6) is 0 Å². The summed E-state index contributed by atoms with van der Waals surface area (Å²) < 4.78 is 0. The molecule has 0 aromatic heterocycles. The van der Waals surface area contributed by atoms with Gasteiger partial charge < -0.3 is 4.90 Å². The minimum absolute atomic E-state index is 0.659. The zero-order valence-corrected chi connectivity index (χ0v) is 11.5. The molecule has 2 nitrogen and oxygen atoms in total. The lowest BCUT2D eigenvalue weighted by Crippen LogP contribution is -2.22. The highest BCUT2D eigenvalue weighted by molar-refractivity contribution is 7.98. The highest BCUT2D eigenvalue weighted by atomic mass is 32.2. The fourth-order valence-corrected chi connectivity index (χ4v) is 2.06. The molecule has 0 spiro atoms. The number of nitrogens with zero attached hydrogens (tertiary/aromatic N) is 2. The summed E-state index contributed by atoms with van der Waals surface area (Å²) in [6, 6.07) is 10.9. The summed E-state index contributed by atoms with van der Waals surface area (Å²) in [5, 5.41) is 8.47. The van der Waals surface area contributed by atoms with Crippen molar-refractivity contribution in [3.63, 3.8) is 0 Å². The van der Waals surface area contributed by atoms with Crippen LogP contribution in [0.4, 0.5) is 0 Å². The quantitative estimate of drug-likeness (QED) is 0.548. The Balaban J connectivity index is 2.27. The van der Waals surface area contributed by atoms with Crippen molar-refractivity contribution in [1.29, 1.82) is 5.26 Å². The fraction of sp³-hybridized carbons (Fsp3) is 0.500. The molecule has 17 heavy (non-hydrogen) atoms. The largest absolute Gasteiger partial charge is 0.306 e. The normalized spacial score (nSPS) is 10.5. The highest BCUT2D eigenvalue weighted by Crippen LogP contribution is 2.15. The van der Waals surface area contributed by atoms with Crippen LogP contribution >= 0.6 is 11.8 Å². The Morgan fingerprint density at radius 2 is 1.94 bits per heavy atom. The van der Waals surface area contributed by atoms with Crippen molar-refractivity contribution >= 4 is 11.8 Å². The fourth-order valence-electron chi connectivity index (χ4n) is 1.65. The van der Waals surface area contributed by atoms with Crippen LogP contribution < -0.4 is 0 Å². The molecule has 1 rings (SSSR count). The first-order valence-corrected chi connectivity index (χ1v) is 7.17. The van der Waals surface area contributed by atoms with Gasteiger partial charge in [0.15, 0.2) is 0 Å². The van der Waals surface area contributed by atoms with Crippen LogP contribution in [0.1, 0.15) is 18.4 Å². The van der Waals surface area contributed by atoms with Gasteiger partial charge in [-0.1, -0.05) is 12.1 Å². The molecule has 3 heteroatoms. The van der Waals surface area contributed by atoms with E-state index in [1.165, 1.54) is 10.5 Å². The van der Waals surface area contributed by atoms with Gasteiger partial charge in [-0.3, -0.25) is 0 Å². The maximum Gasteiger partial charge on any atom is 0.0622 e. The molecule has 0 amide bonds. The molecule has 1 aromatic carbocycles. The average molecular weight is 248 g/mol. The van der Waals surface area contributed by atoms with Crippen LogP contribution in [0, 0.1) is 11.3 Å². The van der Waals surface area contributed by atoms with E-state index >= 15 is 0 Å². The van der Waals surface area contributed by atoms with Crippen molar-refractivity contribution in [2.75, 3.05) is 26.4 Å². The molecule has 0 N–H and O–H groups in total. The van der Waals surface area contributed by atoms with Crippen LogP contribution in [0.3, 0.4) is 0 Å². The Kier molecular flexibility index (Phi) is 6.76. The number of hydrogen-bond acceptors (Lipinski definition) is 3. The molecule has 0 heterocycles. The Bertz CT molecular complexity index is 353. The molecule has 0 saturated heterocycles. The van der Waals surface area contributed by atoms with E-state index in [1.54, 1.807) is 11.8 Å². The van der Waals surface area contributed by atoms with E-state index in [-0.39, 0.29) is 0 Å². The molecule has 1 aromatic rings. The molecule has 0 bridgehead atoms. The van der Waals surface area contributed by atoms with Gasteiger partial charge >= 0.3 is 0 Å². The molecule has 0 aliphatic heterocycles. The SMILES string of the molecule is CSc1ccc(CCN(C)CCCC#N)cc1. The molecule has 0 unspecified atom stereocenters. The van der Waals surface area contributed by atoms with Crippen LogP contribution in [0.25, 0.3) is 0 Å². The van der Waals surface area contributed by atoms with E-state index in [0.29, 0.717) is 6.42 Å². The third-order valence-corrected chi connectivity index (χ3v) is 3.51. The Morgan fingerprint density at radius 1 is 1.24 bits per heavy atom. The number of unbranched alkanes of at least 4 members (excludes halogenated alkanes) is 1. The first-order valence-electron chi connectivity index (χ1n) is 5.94. The molecule has 0 atom stereocenters. The standard InChI is InChI=1S/C14H20N2S/c1-16(11-4-3-10-15)12-9-13-5-7-14(17-2)8-6-13/h5-8H,3-4,9,11-12H2,1-2H3. The van der Waals surface area contributed by atoms with Crippen molar-refractivity contribution < 1.29 is 0 Å². The van der Waals surface area contributed by atoms with E-state index in [0.717, 1.165) is 25.9 Å². The summed E-state index contributed by atoms with van der Waals surface area (Å²) in [7, 11) is 2.12. The van der Waals surface area contributed by atoms with Gasteiger partial charge in [-0.25, -0.2) is 0 Å². The van der Waals surface area contributed by atoms with Gasteiger partial charge in [0, 0.05) is 17.9 Å². The van der Waals surface area contributed by atoms with Crippen LogP contribution in [-0.2, 0) is 6.42 Å². The number of likely N-dealkylation sites (N-methyl/N-ethyl adjacent to an activating group) is 1. The van der Waals surface area contributed by atoms with Gasteiger partial charge in [-0.05, 0) is 50.4 Å². The van der Waals surface area contributed by atoms with Crippen LogP contribution in [0.2, 0.25) is 0 Å². The minimum atomic E-state index is 0.659. The number of rotatable bonds is 7. The number of thioether (sulfide) groups is 1. The topological polar surface area (TPSA) is 27.0 Å². The Morgan fingerprint density at radius 3 is 2.53 bits per heavy atom. The highest BCUT2D eigenvalue weighted by Gasteiger charge is 1.99. The van der Waals surface area contributed by atoms with E-state index in [2.05, 4.69) is 48.5 Å². The third kappa shape index (κ3) is 5.76. The number of hydrogen-bond donors (Lipinski definition) is 0. The van der Waals surface area contributed by atoms with E-state index in [1.807, 2.05) is 0 Å². The maximum absolute atomic E-state index is 8.47. The number of benzene rings is 1. The Hall–Kier alpha value is -0.980. The molecule has 0 aliphatic carbocycles. The van der Waals surface area contributed by atoms with Crippen molar-refractivity contribution in [3.05, 3.63) is 29.8 Å². The summed E-state index contributed by atoms with van der Waals surface area (Å²) in [5.74, 6) is 0. The number of nitriles is 1. The van der Waals surface area contributed by atoms with Crippen molar-refractivity contribution in [1.82, 2.24) is 4.90 Å². The predicted octanol–water partition coefficient (Wildman–Crippen LogP) is 3.19. The second kappa shape index (κ2) is 8.16. The lowest BCUT2D eigenvalue weighted by Gasteiger charge is -2.15. The van der Waals surface area contributed by atoms with Crippen LogP contribution in [0.15, 0.2) is 29.2 Å². The Labute approximate surface area is 109 Å². The predicted molar refractivity (Wildman–Crippen MR) is 74.3 cm³/mol. The van der Waals surface area contributed by atoms with E-state index in [9.17, 15) is 0 Å².